The molecular formula is C22H29HfSi. The molecule has 0 saturated carbocycles. The SMILES string of the molecule is CC1=C(C2=C3C(=CC=CC(=[Si](C)C)C3C)[C]([Hf]([CH3])[CH3])=C2C)CC=C1. The van der Waals surface area contributed by atoms with Crippen molar-refractivity contribution in [3.05, 3.63) is 67.1 Å². The summed E-state index contributed by atoms with van der Waals surface area (Å²) in [6.45, 7) is 12.0. The molecule has 0 aromatic carbocycles. The molecule has 0 aromatic heterocycles. The molecule has 0 nitrogen and oxygen atoms in total. The van der Waals surface area contributed by atoms with E-state index in [1.54, 1.807) is 36.4 Å². The average molecular weight is 500 g/mol. The van der Waals surface area contributed by atoms with Gasteiger partial charge in [0.1, 0.15) is 0 Å². The van der Waals surface area contributed by atoms with Gasteiger partial charge in [-0.05, 0) is 0 Å². The van der Waals surface area contributed by atoms with Crippen LogP contribution in [0.3, 0.4) is 0 Å². The van der Waals surface area contributed by atoms with Crippen molar-refractivity contribution < 1.29 is 21.4 Å². The topological polar surface area (TPSA) is 0 Å². The number of rotatable bonds is 2. The first-order chi connectivity index (χ1) is 11.3. The Kier molecular flexibility index (Phi) is 5.27. The predicted molar refractivity (Wildman–Crippen MR) is 107 cm³/mol. The molecule has 3 rings (SSSR count). The van der Waals surface area contributed by atoms with E-state index in [1.165, 1.54) is 5.57 Å². The van der Waals surface area contributed by atoms with Crippen LogP contribution in [0.2, 0.25) is 22.5 Å². The zero-order valence-electron chi connectivity index (χ0n) is 16.2. The molecule has 0 saturated heterocycles. The molecule has 0 aliphatic heterocycles. The predicted octanol–water partition coefficient (Wildman–Crippen LogP) is 6.20. The fraction of sp³-hybridized carbons (Fsp3) is 0.409. The van der Waals surface area contributed by atoms with Crippen LogP contribution in [-0.4, -0.2) is 13.6 Å². The fourth-order valence-corrected chi connectivity index (χ4v) is 11.8. The minimum absolute atomic E-state index is 0.429. The summed E-state index contributed by atoms with van der Waals surface area (Å²) < 4.78 is 6.88. The van der Waals surface area contributed by atoms with Crippen LogP contribution in [-0.2, 0) is 21.4 Å². The van der Waals surface area contributed by atoms with Crippen molar-refractivity contribution in [3.63, 3.8) is 0 Å². The van der Waals surface area contributed by atoms with Gasteiger partial charge in [0.15, 0.2) is 0 Å². The van der Waals surface area contributed by atoms with Gasteiger partial charge >= 0.3 is 158 Å². The Balaban J connectivity index is 2.30. The van der Waals surface area contributed by atoms with Gasteiger partial charge in [-0.1, -0.05) is 0 Å². The van der Waals surface area contributed by atoms with Crippen LogP contribution >= 0.6 is 0 Å². The van der Waals surface area contributed by atoms with E-state index in [0.29, 0.717) is 5.92 Å². The first-order valence-corrected chi connectivity index (χ1v) is 20.5. The van der Waals surface area contributed by atoms with E-state index in [2.05, 4.69) is 73.6 Å². The number of hydrogen-bond donors (Lipinski definition) is 0. The number of fused-ring (bicyclic) bond motifs is 1. The third-order valence-corrected chi connectivity index (χ3v) is 13.2. The molecule has 125 valence electrons. The van der Waals surface area contributed by atoms with Crippen molar-refractivity contribution >= 4 is 13.6 Å². The van der Waals surface area contributed by atoms with Crippen LogP contribution in [0.1, 0.15) is 27.2 Å². The molecule has 1 unspecified atom stereocenters. The molecule has 0 heterocycles. The first-order valence-electron chi connectivity index (χ1n) is 9.03. The summed E-state index contributed by atoms with van der Waals surface area (Å²) in [6, 6.07) is 0. The van der Waals surface area contributed by atoms with Gasteiger partial charge in [-0.2, -0.15) is 0 Å². The van der Waals surface area contributed by atoms with Crippen molar-refractivity contribution in [2.24, 2.45) is 5.92 Å². The van der Waals surface area contributed by atoms with Gasteiger partial charge in [-0.3, -0.25) is 0 Å². The van der Waals surface area contributed by atoms with Gasteiger partial charge in [0, 0.05) is 0 Å². The van der Waals surface area contributed by atoms with E-state index in [-0.39, 0.29) is 0 Å². The van der Waals surface area contributed by atoms with E-state index in [0.717, 1.165) is 6.42 Å². The fourth-order valence-electron chi connectivity index (χ4n) is 4.52. The molecule has 0 radical (unpaired) electrons. The first kappa shape index (κ1) is 18.2. The molecule has 3 aliphatic carbocycles. The zero-order valence-corrected chi connectivity index (χ0v) is 20.8. The van der Waals surface area contributed by atoms with Crippen LogP contribution in [0.25, 0.3) is 0 Å². The Morgan fingerprint density at radius 1 is 1.12 bits per heavy atom. The number of allylic oxidation sites excluding steroid dienone is 12. The van der Waals surface area contributed by atoms with Gasteiger partial charge in [-0.15, -0.1) is 0 Å². The third-order valence-electron chi connectivity index (χ3n) is 5.56. The quantitative estimate of drug-likeness (QED) is 0.397. The normalized spacial score (nSPS) is 23.2. The van der Waals surface area contributed by atoms with Crippen molar-refractivity contribution in [2.45, 2.75) is 49.6 Å². The van der Waals surface area contributed by atoms with Gasteiger partial charge < -0.3 is 0 Å². The molecule has 24 heavy (non-hydrogen) atoms. The minimum atomic E-state index is -1.65. The van der Waals surface area contributed by atoms with E-state index in [4.69, 9.17) is 0 Å². The maximum absolute atomic E-state index is 2.55. The van der Waals surface area contributed by atoms with E-state index < -0.39 is 29.8 Å². The molecule has 2 heteroatoms. The summed E-state index contributed by atoms with van der Waals surface area (Å²) in [7, 11) is -0.429. The average Bonchev–Trinajstić information content (AvgIpc) is 2.98. The maximum atomic E-state index is 2.55. The van der Waals surface area contributed by atoms with E-state index in [1.807, 2.05) is 0 Å². The van der Waals surface area contributed by atoms with E-state index in [9.17, 15) is 0 Å². The summed E-state index contributed by atoms with van der Waals surface area (Å²) in [5.74, 6) is 0.563. The second-order valence-corrected chi connectivity index (χ2v) is 19.2. The van der Waals surface area contributed by atoms with Gasteiger partial charge in [0.05, 0.1) is 0 Å². The second-order valence-electron chi connectivity index (χ2n) is 7.67. The van der Waals surface area contributed by atoms with E-state index >= 15 is 0 Å². The monoisotopic (exact) mass is 501 g/mol. The van der Waals surface area contributed by atoms with Crippen LogP contribution in [0.4, 0.5) is 0 Å². The standard InChI is InChI=1S/C20H23Si.2CH3.Hf/c1-13-8-6-10-17(13)19-14(2)12-16-9-7-11-18(21(4)5)15(3)20(16)19;;;/h6-9,11,15H,10H2,1-5H3;2*1H3;. The van der Waals surface area contributed by atoms with Crippen molar-refractivity contribution in [1.29, 1.82) is 0 Å². The van der Waals surface area contributed by atoms with Crippen LogP contribution in [0.15, 0.2) is 67.1 Å². The van der Waals surface area contributed by atoms with Crippen molar-refractivity contribution in [3.8, 4) is 0 Å². The zero-order chi connectivity index (χ0) is 17.6. The van der Waals surface area contributed by atoms with Crippen LogP contribution in [0.5, 0.6) is 0 Å². The molecular weight excluding hydrogens is 471 g/mol. The number of hydrogen-bond acceptors (Lipinski definition) is 0. The summed E-state index contributed by atoms with van der Waals surface area (Å²) in [4.78, 5) is 0. The molecule has 1 atom stereocenters. The Morgan fingerprint density at radius 3 is 2.38 bits per heavy atom. The Hall–Kier alpha value is -0.603. The molecule has 0 fully saturated rings. The molecule has 0 spiro atoms. The molecule has 0 amide bonds. The third kappa shape index (κ3) is 2.90. The molecule has 3 aliphatic rings. The second kappa shape index (κ2) is 6.96. The summed E-state index contributed by atoms with van der Waals surface area (Å²) >= 11 is -1.65. The van der Waals surface area contributed by atoms with Gasteiger partial charge in [-0.25, -0.2) is 0 Å². The van der Waals surface area contributed by atoms with Crippen molar-refractivity contribution in [1.82, 2.24) is 0 Å². The molecule has 0 bridgehead atoms. The molecule has 0 N–H and O–H groups in total. The summed E-state index contributed by atoms with van der Waals surface area (Å²) in [5.41, 5.74) is 9.54. The Morgan fingerprint density at radius 2 is 1.83 bits per heavy atom. The van der Waals surface area contributed by atoms with Gasteiger partial charge in [0.2, 0.25) is 0 Å². The summed E-state index contributed by atoms with van der Waals surface area (Å²) in [5, 5.41) is 1.68. The van der Waals surface area contributed by atoms with Crippen molar-refractivity contribution in [2.75, 3.05) is 0 Å². The van der Waals surface area contributed by atoms with Crippen LogP contribution in [0, 0.1) is 5.92 Å². The Bertz CT molecular complexity index is 803. The molecule has 0 aromatic rings. The van der Waals surface area contributed by atoms with Crippen LogP contribution < -0.4 is 0 Å². The van der Waals surface area contributed by atoms with Gasteiger partial charge in [0.25, 0.3) is 0 Å². The Labute approximate surface area is 157 Å². The summed E-state index contributed by atoms with van der Waals surface area (Å²) in [6.07, 6.45) is 13.0.